The Morgan fingerprint density at radius 2 is 1.89 bits per heavy atom. The maximum absolute atomic E-state index is 13.0. The van der Waals surface area contributed by atoms with Crippen molar-refractivity contribution >= 4 is 27.5 Å². The summed E-state index contributed by atoms with van der Waals surface area (Å²) in [5.41, 5.74) is -0.0841. The molecule has 1 aromatic rings. The molecule has 156 valence electrons. The van der Waals surface area contributed by atoms with Crippen LogP contribution in [-0.2, 0) is 10.0 Å². The quantitative estimate of drug-likeness (QED) is 0.779. The van der Waals surface area contributed by atoms with Gasteiger partial charge in [-0.25, -0.2) is 8.42 Å². The minimum atomic E-state index is -3.36. The highest BCUT2D eigenvalue weighted by Gasteiger charge is 2.48. The number of amides is 1. The largest absolute Gasteiger partial charge is 0.394 e. The Morgan fingerprint density at radius 1 is 1.25 bits per heavy atom. The van der Waals surface area contributed by atoms with Gasteiger partial charge >= 0.3 is 0 Å². The first-order valence-corrected chi connectivity index (χ1v) is 11.4. The minimum absolute atomic E-state index is 0.106. The Hall–Kier alpha value is -1.19. The molecule has 0 bridgehead atoms. The van der Waals surface area contributed by atoms with Crippen LogP contribution in [0, 0.1) is 0 Å². The van der Waals surface area contributed by atoms with Crippen LogP contribution in [0.1, 0.15) is 31.1 Å². The van der Waals surface area contributed by atoms with Crippen molar-refractivity contribution in [2.24, 2.45) is 0 Å². The lowest BCUT2D eigenvalue weighted by molar-refractivity contribution is -0.0725. The van der Waals surface area contributed by atoms with Crippen LogP contribution in [0.25, 0.3) is 0 Å². The molecular weight excluding hydrogens is 402 g/mol. The molecule has 2 aliphatic heterocycles. The topological polar surface area (TPSA) is 81.2 Å². The number of aliphatic hydroxyl groups excluding tert-OH is 1. The fourth-order valence-corrected chi connectivity index (χ4v) is 5.55. The first kappa shape index (κ1) is 21.5. The van der Waals surface area contributed by atoms with Gasteiger partial charge in [-0.3, -0.25) is 9.69 Å². The SMILES string of the molecule is CC(C)S(=O)(=O)N1CCN2[C@H](CN(C(=O)c3ccc(Cl)cc3)C[C@@]2(C)CO)C1. The summed E-state index contributed by atoms with van der Waals surface area (Å²) in [6, 6.07) is 6.55. The van der Waals surface area contributed by atoms with E-state index in [0.717, 1.165) is 0 Å². The molecule has 28 heavy (non-hydrogen) atoms. The highest BCUT2D eigenvalue weighted by atomic mass is 35.5. The number of aliphatic hydroxyl groups is 1. The van der Waals surface area contributed by atoms with Gasteiger partial charge in [-0.2, -0.15) is 4.31 Å². The van der Waals surface area contributed by atoms with E-state index >= 15 is 0 Å². The molecule has 3 rings (SSSR count). The molecule has 2 saturated heterocycles. The van der Waals surface area contributed by atoms with E-state index in [0.29, 0.717) is 43.3 Å². The van der Waals surface area contributed by atoms with Gasteiger partial charge < -0.3 is 10.0 Å². The first-order valence-electron chi connectivity index (χ1n) is 9.50. The third-order valence-electron chi connectivity index (χ3n) is 5.78. The Balaban J connectivity index is 1.85. The summed E-state index contributed by atoms with van der Waals surface area (Å²) < 4.78 is 26.8. The summed E-state index contributed by atoms with van der Waals surface area (Å²) in [7, 11) is -3.36. The minimum Gasteiger partial charge on any atom is -0.394 e. The van der Waals surface area contributed by atoms with Crippen molar-refractivity contribution < 1.29 is 18.3 Å². The zero-order valence-corrected chi connectivity index (χ0v) is 18.1. The van der Waals surface area contributed by atoms with Crippen molar-refractivity contribution in [2.75, 3.05) is 39.3 Å². The average molecular weight is 430 g/mol. The van der Waals surface area contributed by atoms with E-state index < -0.39 is 20.8 Å². The predicted octanol–water partition coefficient (Wildman–Crippen LogP) is 1.27. The molecule has 0 aromatic heterocycles. The third-order valence-corrected chi connectivity index (χ3v) is 8.27. The molecule has 2 atom stereocenters. The number of rotatable bonds is 4. The van der Waals surface area contributed by atoms with Crippen LogP contribution >= 0.6 is 11.6 Å². The van der Waals surface area contributed by atoms with Crippen LogP contribution in [0.4, 0.5) is 0 Å². The average Bonchev–Trinajstić information content (AvgIpc) is 2.67. The second-order valence-corrected chi connectivity index (χ2v) is 11.1. The smallest absolute Gasteiger partial charge is 0.253 e. The number of carbonyl (C=O) groups excluding carboxylic acids is 1. The fourth-order valence-electron chi connectivity index (χ4n) is 4.11. The van der Waals surface area contributed by atoms with E-state index in [9.17, 15) is 18.3 Å². The Labute approximate surface area is 171 Å². The Bertz CT molecular complexity index is 830. The summed E-state index contributed by atoms with van der Waals surface area (Å²) in [4.78, 5) is 16.9. The summed E-state index contributed by atoms with van der Waals surface area (Å²) in [5, 5.41) is 10.2. The predicted molar refractivity (Wildman–Crippen MR) is 109 cm³/mol. The molecule has 2 fully saturated rings. The molecule has 2 aliphatic rings. The molecule has 0 radical (unpaired) electrons. The number of halogens is 1. The maximum Gasteiger partial charge on any atom is 0.253 e. The standard InChI is InChI=1S/C19H28ClN3O4S/c1-14(2)28(26,27)22-8-9-23-17(11-22)10-21(12-19(23,3)13-24)18(25)15-4-6-16(20)7-5-15/h4-7,14,17,24H,8-13H2,1-3H3/t17-,19+/m1/s1. The highest BCUT2D eigenvalue weighted by molar-refractivity contribution is 7.89. The summed E-state index contributed by atoms with van der Waals surface area (Å²) in [6.45, 7) is 7.24. The van der Waals surface area contributed by atoms with Gasteiger partial charge in [0.05, 0.1) is 17.4 Å². The number of benzene rings is 1. The lowest BCUT2D eigenvalue weighted by Gasteiger charge is -2.55. The van der Waals surface area contributed by atoms with Crippen LogP contribution in [0.15, 0.2) is 24.3 Å². The van der Waals surface area contributed by atoms with Crippen LogP contribution in [0.3, 0.4) is 0 Å². The van der Waals surface area contributed by atoms with Crippen molar-refractivity contribution in [1.29, 1.82) is 0 Å². The first-order chi connectivity index (χ1) is 13.1. The second-order valence-electron chi connectivity index (χ2n) is 8.15. The van der Waals surface area contributed by atoms with E-state index in [4.69, 9.17) is 11.6 Å². The van der Waals surface area contributed by atoms with Crippen molar-refractivity contribution in [2.45, 2.75) is 37.6 Å². The van der Waals surface area contributed by atoms with Crippen LogP contribution in [-0.4, -0.2) is 89.7 Å². The van der Waals surface area contributed by atoms with Gasteiger partial charge in [0.1, 0.15) is 0 Å². The highest BCUT2D eigenvalue weighted by Crippen LogP contribution is 2.30. The lowest BCUT2D eigenvalue weighted by Crippen LogP contribution is -2.72. The molecule has 0 spiro atoms. The fraction of sp³-hybridized carbons (Fsp3) is 0.632. The number of hydrogen-bond acceptors (Lipinski definition) is 5. The van der Waals surface area contributed by atoms with Crippen molar-refractivity contribution in [1.82, 2.24) is 14.1 Å². The zero-order chi connectivity index (χ0) is 20.7. The van der Waals surface area contributed by atoms with Gasteiger partial charge in [0.25, 0.3) is 5.91 Å². The summed E-state index contributed by atoms with van der Waals surface area (Å²) >= 11 is 5.92. The molecule has 9 heteroatoms. The number of fused-ring (bicyclic) bond motifs is 1. The second kappa shape index (κ2) is 7.91. The van der Waals surface area contributed by atoms with Crippen molar-refractivity contribution in [3.63, 3.8) is 0 Å². The third kappa shape index (κ3) is 3.93. The molecule has 0 saturated carbocycles. The van der Waals surface area contributed by atoms with E-state index in [-0.39, 0.29) is 18.6 Å². The number of piperazine rings is 2. The number of hydrogen-bond donors (Lipinski definition) is 1. The lowest BCUT2D eigenvalue weighted by atomic mass is 9.91. The maximum atomic E-state index is 13.0. The van der Waals surface area contributed by atoms with Crippen molar-refractivity contribution in [3.8, 4) is 0 Å². The molecule has 2 heterocycles. The molecule has 7 nitrogen and oxygen atoms in total. The number of sulfonamides is 1. The van der Waals surface area contributed by atoms with Gasteiger partial charge in [-0.15, -0.1) is 0 Å². The Kier molecular flexibility index (Phi) is 6.08. The summed E-state index contributed by atoms with van der Waals surface area (Å²) in [5.74, 6) is -0.139. The van der Waals surface area contributed by atoms with Gasteiger partial charge in [0, 0.05) is 49.4 Å². The zero-order valence-electron chi connectivity index (χ0n) is 16.5. The van der Waals surface area contributed by atoms with Gasteiger partial charge in [-0.1, -0.05) is 11.6 Å². The van der Waals surface area contributed by atoms with Gasteiger partial charge in [0.2, 0.25) is 10.0 Å². The van der Waals surface area contributed by atoms with Gasteiger partial charge in [0.15, 0.2) is 0 Å². The van der Waals surface area contributed by atoms with Crippen LogP contribution in [0.5, 0.6) is 0 Å². The van der Waals surface area contributed by atoms with Crippen LogP contribution < -0.4 is 0 Å². The van der Waals surface area contributed by atoms with E-state index in [1.165, 1.54) is 4.31 Å². The van der Waals surface area contributed by atoms with E-state index in [2.05, 4.69) is 4.90 Å². The van der Waals surface area contributed by atoms with Crippen LogP contribution in [0.2, 0.25) is 5.02 Å². The molecule has 0 unspecified atom stereocenters. The molecular formula is C19H28ClN3O4S. The van der Waals surface area contributed by atoms with Gasteiger partial charge in [-0.05, 0) is 45.0 Å². The molecule has 1 aromatic carbocycles. The number of carbonyl (C=O) groups is 1. The monoisotopic (exact) mass is 429 g/mol. The van der Waals surface area contributed by atoms with E-state index in [1.54, 1.807) is 43.0 Å². The van der Waals surface area contributed by atoms with Crippen molar-refractivity contribution in [3.05, 3.63) is 34.9 Å². The molecule has 1 amide bonds. The summed E-state index contributed by atoms with van der Waals surface area (Å²) in [6.07, 6.45) is 0. The molecule has 1 N–H and O–H groups in total. The normalized spacial score (nSPS) is 27.1. The van der Waals surface area contributed by atoms with E-state index in [1.807, 2.05) is 6.92 Å². The molecule has 0 aliphatic carbocycles. The number of nitrogens with zero attached hydrogens (tertiary/aromatic N) is 3. The Morgan fingerprint density at radius 3 is 2.46 bits per heavy atom.